The van der Waals surface area contributed by atoms with E-state index in [1.807, 2.05) is 6.20 Å². The van der Waals surface area contributed by atoms with Crippen LogP contribution >= 0.6 is 0 Å². The van der Waals surface area contributed by atoms with E-state index in [1.54, 1.807) is 0 Å². The van der Waals surface area contributed by atoms with Crippen LogP contribution in [0, 0.1) is 0 Å². The van der Waals surface area contributed by atoms with Gasteiger partial charge in [-0.1, -0.05) is 221 Å². The molecule has 5 nitrogen and oxygen atoms in total. The van der Waals surface area contributed by atoms with E-state index in [-0.39, 0.29) is 17.3 Å². The largest absolute Gasteiger partial charge is 0.457 e. The number of hydrogen-bond acceptors (Lipinski definition) is 2. The molecule has 0 unspecified atom stereocenters. The molecule has 0 atom stereocenters. The van der Waals surface area contributed by atoms with Gasteiger partial charge in [0.2, 0.25) is 0 Å². The van der Waals surface area contributed by atoms with E-state index >= 15 is 0 Å². The first kappa shape index (κ1) is 48.2. The number of fused-ring (bicyclic) bond motifs is 4. The first-order valence-electron chi connectivity index (χ1n) is 29.8. The molecule has 20 rings (SSSR count). The second-order valence-corrected chi connectivity index (χ2v) is 24.7. The smallest absolute Gasteiger partial charge is 0.255 e. The Kier molecular flexibility index (Phi) is 9.97. The van der Waals surface area contributed by atoms with Crippen molar-refractivity contribution in [3.05, 3.63) is 363 Å². The average molecular weight is 1090 g/mol. The summed E-state index contributed by atoms with van der Waals surface area (Å²) in [6, 6.07) is 100. The van der Waals surface area contributed by atoms with Gasteiger partial charge >= 0.3 is 0 Å². The number of nitrogens with zero attached hydrogens (tertiary/aromatic N) is 4. The maximum atomic E-state index is 7.02. The molecule has 0 fully saturated rings. The van der Waals surface area contributed by atoms with Crippen molar-refractivity contribution in [3.8, 4) is 28.7 Å². The molecule has 0 saturated heterocycles. The van der Waals surface area contributed by atoms with E-state index in [4.69, 9.17) is 9.72 Å². The molecular weight excluding hydrogens is 1030 g/mol. The SMILES string of the molecule is CC(C)(C)c1ccnc(-n2c3ccccc3c3ccc(Oc4cccc(-n5c[n+](-c6c(C78c9ccccc9C(c9ccccc97)c7ccccc78)cccc6C67c8ccccc8C(c8ccccc86)c6ccccc67)c6ccccc65)c4)cc32)c1. The molecule has 0 aliphatic heterocycles. The summed E-state index contributed by atoms with van der Waals surface area (Å²) in [5.41, 5.74) is 25.0. The van der Waals surface area contributed by atoms with Crippen molar-refractivity contribution in [3.63, 3.8) is 0 Å². The van der Waals surface area contributed by atoms with Gasteiger partial charge in [-0.2, -0.15) is 9.13 Å². The van der Waals surface area contributed by atoms with Crippen LogP contribution in [0.4, 0.5) is 0 Å². The first-order valence-corrected chi connectivity index (χ1v) is 29.8. The fourth-order valence-corrected chi connectivity index (χ4v) is 16.3. The minimum atomic E-state index is -0.701. The van der Waals surface area contributed by atoms with Crippen LogP contribution < -0.4 is 9.30 Å². The van der Waals surface area contributed by atoms with Gasteiger partial charge in [-0.05, 0) is 132 Å². The second kappa shape index (κ2) is 17.6. The molecule has 0 radical (unpaired) electrons. The van der Waals surface area contributed by atoms with E-state index in [9.17, 15) is 0 Å². The number of rotatable bonds is 7. The number of benzene rings is 11. The van der Waals surface area contributed by atoms with E-state index in [1.165, 1.54) is 88.8 Å². The highest BCUT2D eigenvalue weighted by molar-refractivity contribution is 6.09. The maximum Gasteiger partial charge on any atom is 0.255 e. The number of para-hydroxylation sites is 4. The third-order valence-electron chi connectivity index (χ3n) is 19.6. The molecule has 14 aromatic rings. The number of hydrogen-bond donors (Lipinski definition) is 0. The molecule has 0 amide bonds. The zero-order valence-corrected chi connectivity index (χ0v) is 47.4. The lowest BCUT2D eigenvalue weighted by molar-refractivity contribution is -0.569. The fraction of sp³-hybridized carbons (Fsp3) is 0.100. The predicted octanol–water partition coefficient (Wildman–Crippen LogP) is 17.9. The Morgan fingerprint density at radius 2 is 0.847 bits per heavy atom. The highest BCUT2D eigenvalue weighted by Crippen LogP contribution is 2.66. The van der Waals surface area contributed by atoms with Gasteiger partial charge in [-0.3, -0.25) is 4.57 Å². The van der Waals surface area contributed by atoms with Crippen LogP contribution in [0.2, 0.25) is 0 Å². The minimum Gasteiger partial charge on any atom is -0.457 e. The van der Waals surface area contributed by atoms with Gasteiger partial charge in [0.15, 0.2) is 11.0 Å². The molecule has 85 heavy (non-hydrogen) atoms. The molecule has 6 aliphatic rings. The van der Waals surface area contributed by atoms with Gasteiger partial charge in [0, 0.05) is 52.1 Å². The summed E-state index contributed by atoms with van der Waals surface area (Å²) < 4.78 is 14.2. The summed E-state index contributed by atoms with van der Waals surface area (Å²) in [5.74, 6) is 2.61. The molecular formula is C80H57N4O+. The Morgan fingerprint density at radius 1 is 0.400 bits per heavy atom. The van der Waals surface area contributed by atoms with Crippen molar-refractivity contribution >= 4 is 32.8 Å². The summed E-state index contributed by atoms with van der Waals surface area (Å²) in [5, 5.41) is 2.32. The molecule has 0 saturated carbocycles. The van der Waals surface area contributed by atoms with Gasteiger partial charge in [-0.25, -0.2) is 4.98 Å². The molecule has 3 aromatic heterocycles. The van der Waals surface area contributed by atoms with Crippen LogP contribution in [-0.2, 0) is 16.2 Å². The van der Waals surface area contributed by atoms with Crippen LogP contribution in [0.15, 0.2) is 279 Å². The van der Waals surface area contributed by atoms with Crippen LogP contribution in [0.5, 0.6) is 11.5 Å². The minimum absolute atomic E-state index is 0.0372. The zero-order chi connectivity index (χ0) is 56.3. The second-order valence-electron chi connectivity index (χ2n) is 24.7. The molecule has 6 aliphatic carbocycles. The zero-order valence-electron chi connectivity index (χ0n) is 47.4. The lowest BCUT2D eigenvalue weighted by Crippen LogP contribution is -2.49. The number of pyridine rings is 1. The van der Waals surface area contributed by atoms with E-state index in [0.717, 1.165) is 56.1 Å². The van der Waals surface area contributed by atoms with Crippen molar-refractivity contribution in [1.82, 2.24) is 14.1 Å². The van der Waals surface area contributed by atoms with Crippen LogP contribution in [0.3, 0.4) is 0 Å². The Hall–Kier alpha value is -10.4. The highest BCUT2D eigenvalue weighted by Gasteiger charge is 2.58. The summed E-state index contributed by atoms with van der Waals surface area (Å²) in [6.45, 7) is 6.75. The van der Waals surface area contributed by atoms with Crippen molar-refractivity contribution in [2.75, 3.05) is 0 Å². The van der Waals surface area contributed by atoms with Crippen LogP contribution in [0.25, 0.3) is 50.0 Å². The van der Waals surface area contributed by atoms with Gasteiger partial charge in [-0.15, -0.1) is 0 Å². The van der Waals surface area contributed by atoms with E-state index in [0.29, 0.717) is 0 Å². The lowest BCUT2D eigenvalue weighted by Gasteiger charge is -2.53. The lowest BCUT2D eigenvalue weighted by atomic mass is 9.48. The molecule has 3 heterocycles. The molecule has 402 valence electrons. The van der Waals surface area contributed by atoms with E-state index in [2.05, 4.69) is 308 Å². The Morgan fingerprint density at radius 3 is 1.39 bits per heavy atom. The van der Waals surface area contributed by atoms with Gasteiger partial charge in [0.25, 0.3) is 6.33 Å². The Labute approximate surface area is 494 Å². The fourth-order valence-electron chi connectivity index (χ4n) is 16.3. The third-order valence-corrected chi connectivity index (χ3v) is 19.6. The molecule has 5 heteroatoms. The summed E-state index contributed by atoms with van der Waals surface area (Å²) in [7, 11) is 0. The quantitative estimate of drug-likeness (QED) is 0.149. The molecule has 0 N–H and O–H groups in total. The Bertz CT molecular complexity index is 4750. The van der Waals surface area contributed by atoms with Gasteiger partial charge in [0.1, 0.15) is 28.7 Å². The van der Waals surface area contributed by atoms with E-state index < -0.39 is 10.8 Å². The number of ether oxygens (including phenoxy) is 1. The number of imidazole rings is 1. The van der Waals surface area contributed by atoms with Gasteiger partial charge < -0.3 is 4.74 Å². The summed E-state index contributed by atoms with van der Waals surface area (Å²) in [6.07, 6.45) is 4.29. The molecule has 4 bridgehead atoms. The summed E-state index contributed by atoms with van der Waals surface area (Å²) >= 11 is 0. The monoisotopic (exact) mass is 1090 g/mol. The third kappa shape index (κ3) is 6.42. The van der Waals surface area contributed by atoms with Crippen molar-refractivity contribution in [2.45, 2.75) is 48.9 Å². The van der Waals surface area contributed by atoms with Crippen molar-refractivity contribution in [2.24, 2.45) is 0 Å². The maximum absolute atomic E-state index is 7.02. The standard InChI is InChI=1S/C80H57N4O/c1-78(2,3)50-44-45-81-74(46-50)84-70-39-17-10-24-54(70)55-43-42-53(48-73(55)84)85-52-23-20-22-51(47-52)82-49-83(72-41-19-18-40-71(72)82)77-68(79-62-31-11-4-25-56(62)75(57-26-5-12-32-63(57)79)58-27-6-13-33-64(58)79)37-21-38-69(77)80-65-34-14-7-28-59(65)76(60-29-8-15-35-66(60)80)61-30-9-16-36-67(61)80/h4-49,75-76H,1-3H3/q+1. The topological polar surface area (TPSA) is 35.9 Å². The van der Waals surface area contributed by atoms with Gasteiger partial charge in [0.05, 0.1) is 21.9 Å². The van der Waals surface area contributed by atoms with Crippen LogP contribution in [0.1, 0.15) is 116 Å². The van der Waals surface area contributed by atoms with Crippen LogP contribution in [-0.4, -0.2) is 14.1 Å². The highest BCUT2D eigenvalue weighted by atomic mass is 16.5. The Balaban J connectivity index is 0.891. The first-order chi connectivity index (χ1) is 41.8. The number of aromatic nitrogens is 4. The normalized spacial score (nSPS) is 18.4. The molecule has 11 aromatic carbocycles. The summed E-state index contributed by atoms with van der Waals surface area (Å²) in [4.78, 5) is 4.97. The van der Waals surface area contributed by atoms with Crippen molar-refractivity contribution < 1.29 is 9.30 Å². The average Bonchev–Trinajstić information content (AvgIpc) is 1.14. The predicted molar refractivity (Wildman–Crippen MR) is 341 cm³/mol. The van der Waals surface area contributed by atoms with Crippen molar-refractivity contribution in [1.29, 1.82) is 0 Å². The molecule has 0 spiro atoms.